The molecular formula is C18H14FN5O2. The number of amides is 1. The second-order valence-electron chi connectivity index (χ2n) is 5.76. The van der Waals surface area contributed by atoms with Crippen LogP contribution in [-0.2, 0) is 0 Å². The Balaban J connectivity index is 1.80. The van der Waals surface area contributed by atoms with E-state index in [0.717, 1.165) is 11.1 Å². The minimum Gasteiger partial charge on any atom is -0.465 e. The van der Waals surface area contributed by atoms with Crippen LogP contribution in [0.2, 0.25) is 0 Å². The first kappa shape index (κ1) is 15.8. The number of fused-ring (bicyclic) bond motifs is 1. The van der Waals surface area contributed by atoms with Crippen LogP contribution in [0.15, 0.2) is 61.2 Å². The molecule has 0 spiro atoms. The molecule has 7 nitrogen and oxygen atoms in total. The van der Waals surface area contributed by atoms with Gasteiger partial charge in [0.15, 0.2) is 0 Å². The minimum atomic E-state index is -1.19. The molecule has 0 bridgehead atoms. The summed E-state index contributed by atoms with van der Waals surface area (Å²) in [5.74, 6) is -0.143. The van der Waals surface area contributed by atoms with E-state index in [0.29, 0.717) is 11.0 Å². The summed E-state index contributed by atoms with van der Waals surface area (Å²) < 4.78 is 15.2. The second-order valence-corrected chi connectivity index (χ2v) is 5.76. The Hall–Kier alpha value is -3.68. The number of imidazole rings is 2. The highest BCUT2D eigenvalue weighted by Gasteiger charge is 2.17. The van der Waals surface area contributed by atoms with E-state index in [1.807, 2.05) is 29.0 Å². The van der Waals surface area contributed by atoms with Gasteiger partial charge in [0.05, 0.1) is 23.4 Å². The number of hydrogen-bond donors (Lipinski definition) is 3. The topological polar surface area (TPSA) is 95.8 Å². The van der Waals surface area contributed by atoms with Gasteiger partial charge in [0.1, 0.15) is 5.82 Å². The van der Waals surface area contributed by atoms with E-state index in [1.165, 1.54) is 12.1 Å². The van der Waals surface area contributed by atoms with Crippen LogP contribution >= 0.6 is 0 Å². The molecule has 1 unspecified atom stereocenters. The lowest BCUT2D eigenvalue weighted by molar-refractivity contribution is 0.209. The van der Waals surface area contributed by atoms with Crippen LogP contribution in [0.25, 0.3) is 11.0 Å². The predicted molar refractivity (Wildman–Crippen MR) is 93.6 cm³/mol. The van der Waals surface area contributed by atoms with Crippen molar-refractivity contribution in [2.24, 2.45) is 0 Å². The Bertz CT molecular complexity index is 1060. The van der Waals surface area contributed by atoms with E-state index in [2.05, 4.69) is 20.3 Å². The van der Waals surface area contributed by atoms with E-state index in [-0.39, 0.29) is 17.8 Å². The highest BCUT2D eigenvalue weighted by atomic mass is 19.1. The van der Waals surface area contributed by atoms with E-state index >= 15 is 0 Å². The number of halogens is 1. The maximum atomic E-state index is 13.3. The SMILES string of the molecule is O=C(O)Nc1nc2cc(C(c3ccc(F)cc3)n3ccnc3)ccc2[nH]1. The van der Waals surface area contributed by atoms with Gasteiger partial charge in [-0.15, -0.1) is 0 Å². The quantitative estimate of drug-likeness (QED) is 0.523. The lowest BCUT2D eigenvalue weighted by Crippen LogP contribution is -2.10. The molecule has 1 amide bonds. The average Bonchev–Trinajstić information content (AvgIpc) is 3.25. The number of anilines is 1. The number of carboxylic acid groups (broad SMARTS) is 1. The van der Waals surface area contributed by atoms with Crippen LogP contribution in [0.3, 0.4) is 0 Å². The number of nitrogens with one attached hydrogen (secondary N) is 2. The summed E-state index contributed by atoms with van der Waals surface area (Å²) in [5.41, 5.74) is 3.14. The number of rotatable bonds is 4. The highest BCUT2D eigenvalue weighted by molar-refractivity contribution is 5.85. The molecule has 0 saturated carbocycles. The summed E-state index contributed by atoms with van der Waals surface area (Å²) in [7, 11) is 0. The summed E-state index contributed by atoms with van der Waals surface area (Å²) >= 11 is 0. The molecule has 0 saturated heterocycles. The Morgan fingerprint density at radius 2 is 1.96 bits per heavy atom. The number of aromatic nitrogens is 4. The van der Waals surface area contributed by atoms with Gasteiger partial charge in [-0.3, -0.25) is 5.32 Å². The van der Waals surface area contributed by atoms with Crippen LogP contribution in [0.5, 0.6) is 0 Å². The van der Waals surface area contributed by atoms with Gasteiger partial charge in [-0.25, -0.2) is 19.2 Å². The molecule has 1 atom stereocenters. The van der Waals surface area contributed by atoms with Crippen molar-refractivity contribution < 1.29 is 14.3 Å². The number of H-pyrrole nitrogens is 1. The fourth-order valence-corrected chi connectivity index (χ4v) is 2.96. The van der Waals surface area contributed by atoms with Gasteiger partial charge in [0.2, 0.25) is 5.95 Å². The molecule has 2 aromatic carbocycles. The van der Waals surface area contributed by atoms with Gasteiger partial charge in [-0.05, 0) is 35.4 Å². The predicted octanol–water partition coefficient (Wildman–Crippen LogP) is 3.63. The van der Waals surface area contributed by atoms with Crippen LogP contribution in [-0.4, -0.2) is 30.7 Å². The zero-order chi connectivity index (χ0) is 18.1. The monoisotopic (exact) mass is 351 g/mol. The molecule has 130 valence electrons. The molecule has 8 heteroatoms. The number of carbonyl (C=O) groups is 1. The highest BCUT2D eigenvalue weighted by Crippen LogP contribution is 2.29. The Kier molecular flexibility index (Phi) is 3.85. The third-order valence-electron chi connectivity index (χ3n) is 4.06. The summed E-state index contributed by atoms with van der Waals surface area (Å²) in [6.45, 7) is 0. The largest absolute Gasteiger partial charge is 0.465 e. The molecule has 2 heterocycles. The summed E-state index contributed by atoms with van der Waals surface area (Å²) in [4.78, 5) is 22.0. The van der Waals surface area contributed by atoms with Crippen molar-refractivity contribution in [2.45, 2.75) is 6.04 Å². The van der Waals surface area contributed by atoms with Gasteiger partial charge < -0.3 is 14.7 Å². The van der Waals surface area contributed by atoms with Crippen molar-refractivity contribution in [3.05, 3.63) is 78.1 Å². The molecule has 26 heavy (non-hydrogen) atoms. The van der Waals surface area contributed by atoms with Gasteiger partial charge in [-0.2, -0.15) is 0 Å². The van der Waals surface area contributed by atoms with Gasteiger partial charge >= 0.3 is 6.09 Å². The Morgan fingerprint density at radius 1 is 1.19 bits per heavy atom. The molecule has 0 fully saturated rings. The van der Waals surface area contributed by atoms with E-state index in [9.17, 15) is 9.18 Å². The van der Waals surface area contributed by atoms with Crippen LogP contribution in [0.4, 0.5) is 15.1 Å². The Morgan fingerprint density at radius 3 is 2.65 bits per heavy atom. The maximum Gasteiger partial charge on any atom is 0.411 e. The first-order valence-electron chi connectivity index (χ1n) is 7.83. The van der Waals surface area contributed by atoms with Gasteiger partial charge in [-0.1, -0.05) is 18.2 Å². The molecule has 0 aliphatic rings. The van der Waals surface area contributed by atoms with Crippen molar-refractivity contribution in [1.29, 1.82) is 0 Å². The van der Waals surface area contributed by atoms with Gasteiger partial charge in [0, 0.05) is 12.4 Å². The third kappa shape index (κ3) is 3.00. The number of aromatic amines is 1. The minimum absolute atomic E-state index is 0.158. The summed E-state index contributed by atoms with van der Waals surface area (Å²) in [5, 5.41) is 11.0. The number of benzene rings is 2. The number of hydrogen-bond acceptors (Lipinski definition) is 3. The molecule has 2 aromatic heterocycles. The van der Waals surface area contributed by atoms with Crippen molar-refractivity contribution in [3.63, 3.8) is 0 Å². The van der Waals surface area contributed by atoms with Crippen molar-refractivity contribution in [1.82, 2.24) is 19.5 Å². The van der Waals surface area contributed by atoms with Crippen LogP contribution in [0, 0.1) is 5.82 Å². The number of nitrogens with zero attached hydrogens (tertiary/aromatic N) is 3. The molecule has 4 rings (SSSR count). The molecule has 0 radical (unpaired) electrons. The lowest BCUT2D eigenvalue weighted by atomic mass is 9.98. The first-order valence-corrected chi connectivity index (χ1v) is 7.83. The normalized spacial score (nSPS) is 12.2. The third-order valence-corrected chi connectivity index (χ3v) is 4.06. The standard InChI is InChI=1S/C18H14FN5O2/c19-13-4-1-11(2-5-13)16(24-8-7-20-10-24)12-3-6-14-15(9-12)22-17(21-14)23-18(25)26/h1-10,16H,(H,25,26)(H2,21,22,23). The second kappa shape index (κ2) is 6.32. The van der Waals surface area contributed by atoms with Crippen LogP contribution < -0.4 is 5.32 Å². The fraction of sp³-hybridized carbons (Fsp3) is 0.0556. The molecule has 3 N–H and O–H groups in total. The molecule has 4 aromatic rings. The summed E-state index contributed by atoms with van der Waals surface area (Å²) in [6, 6.07) is 11.7. The van der Waals surface area contributed by atoms with Crippen molar-refractivity contribution in [3.8, 4) is 0 Å². The molecule has 0 aliphatic heterocycles. The van der Waals surface area contributed by atoms with Crippen molar-refractivity contribution in [2.75, 3.05) is 5.32 Å². The van der Waals surface area contributed by atoms with Gasteiger partial charge in [0.25, 0.3) is 0 Å². The van der Waals surface area contributed by atoms with E-state index in [1.54, 1.807) is 24.7 Å². The average molecular weight is 351 g/mol. The summed E-state index contributed by atoms with van der Waals surface area (Å²) in [6.07, 6.45) is 4.02. The molecule has 0 aliphatic carbocycles. The zero-order valence-electron chi connectivity index (χ0n) is 13.4. The van der Waals surface area contributed by atoms with Crippen molar-refractivity contribution >= 4 is 23.1 Å². The van der Waals surface area contributed by atoms with E-state index in [4.69, 9.17) is 5.11 Å². The molecular weight excluding hydrogens is 337 g/mol. The lowest BCUT2D eigenvalue weighted by Gasteiger charge is -2.19. The van der Waals surface area contributed by atoms with E-state index < -0.39 is 6.09 Å². The smallest absolute Gasteiger partial charge is 0.411 e. The van der Waals surface area contributed by atoms with Crippen LogP contribution in [0.1, 0.15) is 17.2 Å². The first-order chi connectivity index (χ1) is 12.6. The fourth-order valence-electron chi connectivity index (χ4n) is 2.96. The zero-order valence-corrected chi connectivity index (χ0v) is 13.4. The Labute approximate surface area is 147 Å². The maximum absolute atomic E-state index is 13.3.